The molecular formula is C28H36FN3O2. The predicted octanol–water partition coefficient (Wildman–Crippen LogP) is 7.11. The number of carbonyl (C=O) groups is 1. The number of halogens is 1. The van der Waals surface area contributed by atoms with Crippen LogP contribution in [0.5, 0.6) is 0 Å². The molecular weight excluding hydrogens is 429 g/mol. The van der Waals surface area contributed by atoms with Crippen molar-refractivity contribution >= 4 is 27.7 Å². The lowest BCUT2D eigenvalue weighted by Gasteiger charge is -2.24. The van der Waals surface area contributed by atoms with Gasteiger partial charge in [0.05, 0.1) is 22.8 Å². The third kappa shape index (κ3) is 4.64. The minimum atomic E-state index is -0.545. The summed E-state index contributed by atoms with van der Waals surface area (Å²) in [5.41, 5.74) is 3.93. The van der Waals surface area contributed by atoms with Crippen molar-refractivity contribution in [3.8, 4) is 5.69 Å². The first-order valence-corrected chi connectivity index (χ1v) is 11.8. The number of nitrogens with zero attached hydrogens (tertiary/aromatic N) is 3. The summed E-state index contributed by atoms with van der Waals surface area (Å²) in [4.78, 5) is 13.0. The van der Waals surface area contributed by atoms with Crippen molar-refractivity contribution in [2.45, 2.75) is 67.4 Å². The lowest BCUT2D eigenvalue weighted by Crippen LogP contribution is -2.27. The van der Waals surface area contributed by atoms with Crippen molar-refractivity contribution in [1.29, 1.82) is 0 Å². The average molecular weight is 466 g/mol. The van der Waals surface area contributed by atoms with E-state index in [9.17, 15) is 9.18 Å². The summed E-state index contributed by atoms with van der Waals surface area (Å²) in [5, 5.41) is 6.31. The number of carbonyl (C=O) groups excluding carboxylic acids is 1. The lowest BCUT2D eigenvalue weighted by molar-refractivity contribution is 0.0221. The van der Waals surface area contributed by atoms with E-state index in [4.69, 9.17) is 4.74 Å². The number of hydrogen-bond acceptors (Lipinski definition) is 3. The highest BCUT2D eigenvalue weighted by molar-refractivity contribution is 6.02. The molecule has 0 spiro atoms. The van der Waals surface area contributed by atoms with Crippen molar-refractivity contribution in [3.05, 3.63) is 59.7 Å². The van der Waals surface area contributed by atoms with E-state index in [0.29, 0.717) is 6.42 Å². The number of aryl methyl sites for hydroxylation is 1. The molecule has 0 atom stereocenters. The number of benzene rings is 2. The van der Waals surface area contributed by atoms with Crippen molar-refractivity contribution in [3.63, 3.8) is 0 Å². The molecule has 2 aromatic heterocycles. The van der Waals surface area contributed by atoms with Gasteiger partial charge in [0, 0.05) is 41.1 Å². The molecule has 4 rings (SSSR count). The van der Waals surface area contributed by atoms with E-state index < -0.39 is 5.41 Å². The minimum Gasteiger partial charge on any atom is -0.378 e. The zero-order chi connectivity index (χ0) is 25.4. The Kier molecular flexibility index (Phi) is 7.04. The monoisotopic (exact) mass is 465 g/mol. The van der Waals surface area contributed by atoms with Crippen LogP contribution in [0.2, 0.25) is 0 Å². The second-order valence-corrected chi connectivity index (χ2v) is 10.1. The van der Waals surface area contributed by atoms with Gasteiger partial charge in [0.1, 0.15) is 5.82 Å². The summed E-state index contributed by atoms with van der Waals surface area (Å²) in [6.45, 7) is 15.9. The third-order valence-electron chi connectivity index (χ3n) is 6.10. The van der Waals surface area contributed by atoms with Gasteiger partial charge in [-0.25, -0.2) is 4.39 Å². The Labute approximate surface area is 201 Å². The number of methoxy groups -OCH3 is 1. The van der Waals surface area contributed by atoms with E-state index in [2.05, 4.69) is 36.5 Å². The SMILES string of the molecule is CC.COC(C)(C)Cc1c(C)c2cc3c(cnn3C(=O)C(C)(C)C)cc2n1-c1ccc(F)cc1. The Hall–Kier alpha value is -2.99. The molecule has 5 nitrogen and oxygen atoms in total. The fourth-order valence-electron chi connectivity index (χ4n) is 4.07. The van der Waals surface area contributed by atoms with Crippen LogP contribution >= 0.6 is 0 Å². The molecule has 6 heteroatoms. The third-order valence-corrected chi connectivity index (χ3v) is 6.10. The zero-order valence-electron chi connectivity index (χ0n) is 21.8. The standard InChI is InChI=1S/C26H30FN3O2.C2H6/c1-16-20-13-21-17(15-28-30(21)24(31)25(2,3)4)12-22(20)29(19-10-8-18(27)9-11-19)23(16)14-26(5,6)32-7;1-2/h8-13,15H,14H2,1-7H3;1-2H3. The van der Waals surface area contributed by atoms with E-state index in [0.717, 1.165) is 38.8 Å². The maximum absolute atomic E-state index is 13.7. The van der Waals surface area contributed by atoms with Gasteiger partial charge >= 0.3 is 0 Å². The van der Waals surface area contributed by atoms with Crippen molar-refractivity contribution in [1.82, 2.24) is 14.3 Å². The summed E-state index contributed by atoms with van der Waals surface area (Å²) in [6.07, 6.45) is 2.40. The zero-order valence-corrected chi connectivity index (χ0v) is 21.8. The molecule has 0 unspecified atom stereocenters. The van der Waals surface area contributed by atoms with Crippen LogP contribution in [0, 0.1) is 18.2 Å². The van der Waals surface area contributed by atoms with Gasteiger partial charge in [0.15, 0.2) is 0 Å². The number of ether oxygens (including phenoxy) is 1. The number of aromatic nitrogens is 3. The summed E-state index contributed by atoms with van der Waals surface area (Å²) >= 11 is 0. The van der Waals surface area contributed by atoms with Crippen LogP contribution in [0.3, 0.4) is 0 Å². The molecule has 2 heterocycles. The van der Waals surface area contributed by atoms with Crippen LogP contribution < -0.4 is 0 Å². The quantitative estimate of drug-likeness (QED) is 0.323. The molecule has 0 N–H and O–H groups in total. The molecule has 34 heavy (non-hydrogen) atoms. The van der Waals surface area contributed by atoms with E-state index in [1.165, 1.54) is 16.8 Å². The fraction of sp³-hybridized carbons (Fsp3) is 0.429. The van der Waals surface area contributed by atoms with Crippen LogP contribution in [0.1, 0.15) is 64.5 Å². The lowest BCUT2D eigenvalue weighted by atomic mass is 9.95. The molecule has 0 amide bonds. The minimum absolute atomic E-state index is 0.0526. The Balaban J connectivity index is 0.00000158. The number of fused-ring (bicyclic) bond motifs is 2. The van der Waals surface area contributed by atoms with E-state index in [1.54, 1.807) is 25.4 Å². The first-order chi connectivity index (χ1) is 15.9. The van der Waals surface area contributed by atoms with Gasteiger partial charge in [-0.15, -0.1) is 0 Å². The molecule has 2 aromatic carbocycles. The number of rotatable bonds is 4. The second-order valence-electron chi connectivity index (χ2n) is 10.1. The van der Waals surface area contributed by atoms with Gasteiger partial charge in [-0.1, -0.05) is 34.6 Å². The average Bonchev–Trinajstić information content (AvgIpc) is 3.32. The second kappa shape index (κ2) is 9.34. The predicted molar refractivity (Wildman–Crippen MR) is 137 cm³/mol. The van der Waals surface area contributed by atoms with Gasteiger partial charge in [0.25, 0.3) is 5.91 Å². The van der Waals surface area contributed by atoms with Gasteiger partial charge in [-0.2, -0.15) is 9.78 Å². The number of hydrogen-bond donors (Lipinski definition) is 0. The largest absolute Gasteiger partial charge is 0.378 e. The van der Waals surface area contributed by atoms with Crippen LogP contribution in [0.4, 0.5) is 4.39 Å². The van der Waals surface area contributed by atoms with E-state index in [1.807, 2.05) is 40.7 Å². The van der Waals surface area contributed by atoms with Crippen LogP contribution in [0.15, 0.2) is 42.6 Å². The van der Waals surface area contributed by atoms with E-state index >= 15 is 0 Å². The van der Waals surface area contributed by atoms with Crippen LogP contribution in [-0.2, 0) is 11.2 Å². The molecule has 182 valence electrons. The van der Waals surface area contributed by atoms with Gasteiger partial charge in [-0.05, 0) is 62.7 Å². The highest BCUT2D eigenvalue weighted by atomic mass is 19.1. The van der Waals surface area contributed by atoms with Gasteiger partial charge < -0.3 is 9.30 Å². The van der Waals surface area contributed by atoms with Crippen molar-refractivity contribution in [2.24, 2.45) is 5.41 Å². The summed E-state index contributed by atoms with van der Waals surface area (Å²) in [5.74, 6) is -0.326. The Morgan fingerprint density at radius 1 is 1.03 bits per heavy atom. The maximum Gasteiger partial charge on any atom is 0.252 e. The van der Waals surface area contributed by atoms with Crippen LogP contribution in [0.25, 0.3) is 27.5 Å². The van der Waals surface area contributed by atoms with Crippen molar-refractivity contribution in [2.75, 3.05) is 7.11 Å². The first kappa shape index (κ1) is 25.6. The molecule has 0 fully saturated rings. The maximum atomic E-state index is 13.7. The molecule has 0 saturated carbocycles. The van der Waals surface area contributed by atoms with Gasteiger partial charge in [-0.3, -0.25) is 4.79 Å². The summed E-state index contributed by atoms with van der Waals surface area (Å²) < 4.78 is 23.0. The molecule has 0 bridgehead atoms. The topological polar surface area (TPSA) is 49.1 Å². The molecule has 4 aromatic rings. The van der Waals surface area contributed by atoms with E-state index in [-0.39, 0.29) is 17.3 Å². The van der Waals surface area contributed by atoms with Crippen molar-refractivity contribution < 1.29 is 13.9 Å². The molecule has 0 aliphatic heterocycles. The Bertz CT molecular complexity index is 1320. The highest BCUT2D eigenvalue weighted by Crippen LogP contribution is 2.35. The first-order valence-electron chi connectivity index (χ1n) is 11.8. The fourth-order valence-corrected chi connectivity index (χ4v) is 4.07. The van der Waals surface area contributed by atoms with Gasteiger partial charge in [0.2, 0.25) is 0 Å². The molecule has 0 saturated heterocycles. The molecule has 0 radical (unpaired) electrons. The molecule has 0 aliphatic rings. The highest BCUT2D eigenvalue weighted by Gasteiger charge is 2.27. The normalized spacial score (nSPS) is 12.2. The van der Waals surface area contributed by atoms with Crippen LogP contribution in [-0.4, -0.2) is 33.0 Å². The summed E-state index contributed by atoms with van der Waals surface area (Å²) in [6, 6.07) is 10.6. The Morgan fingerprint density at radius 3 is 2.21 bits per heavy atom. The summed E-state index contributed by atoms with van der Waals surface area (Å²) in [7, 11) is 1.71. The molecule has 0 aliphatic carbocycles. The smallest absolute Gasteiger partial charge is 0.252 e. The Morgan fingerprint density at radius 2 is 1.65 bits per heavy atom.